The third-order valence-electron chi connectivity index (χ3n) is 5.88. The van der Waals surface area contributed by atoms with E-state index in [1.165, 1.54) is 18.7 Å². The van der Waals surface area contributed by atoms with E-state index in [2.05, 4.69) is 5.32 Å². The van der Waals surface area contributed by atoms with E-state index in [-0.39, 0.29) is 45.3 Å². The number of hydrogen-bond donors (Lipinski definition) is 1. The quantitative estimate of drug-likeness (QED) is 0.637. The van der Waals surface area contributed by atoms with Gasteiger partial charge in [0, 0.05) is 41.7 Å². The minimum absolute atomic E-state index is 0.0828. The molecule has 1 aliphatic heterocycles. The van der Waals surface area contributed by atoms with Crippen LogP contribution in [-0.2, 0) is 14.1 Å². The van der Waals surface area contributed by atoms with Gasteiger partial charge in [-0.2, -0.15) is 0 Å². The number of carbonyl (C=O) groups excluding carboxylic acids is 2. The highest BCUT2D eigenvalue weighted by Gasteiger charge is 2.43. The van der Waals surface area contributed by atoms with Crippen LogP contribution in [-0.4, -0.2) is 20.7 Å². The van der Waals surface area contributed by atoms with Crippen molar-refractivity contribution in [1.82, 2.24) is 9.13 Å². The lowest BCUT2D eigenvalue weighted by Gasteiger charge is -2.34. The van der Waals surface area contributed by atoms with Gasteiger partial charge in [0.15, 0.2) is 5.78 Å². The van der Waals surface area contributed by atoms with Crippen LogP contribution in [0.25, 0.3) is 0 Å². The number of anilines is 1. The molecule has 8 heteroatoms. The maximum atomic E-state index is 13.6. The molecule has 1 unspecified atom stereocenters. The Balaban J connectivity index is 1.89. The molecule has 154 valence electrons. The monoisotopic (exact) mass is 433 g/mol. The summed E-state index contributed by atoms with van der Waals surface area (Å²) in [5.41, 5.74) is 0.625. The van der Waals surface area contributed by atoms with E-state index in [0.29, 0.717) is 10.6 Å². The minimum atomic E-state index is -0.834. The summed E-state index contributed by atoms with van der Waals surface area (Å²) in [6.45, 7) is 0. The molecule has 1 atom stereocenters. The third kappa shape index (κ3) is 2.60. The summed E-state index contributed by atoms with van der Waals surface area (Å²) in [4.78, 5) is 52.6. The first kappa shape index (κ1) is 19.3. The average molecular weight is 434 g/mol. The fraction of sp³-hybridized carbons (Fsp3) is 0.130. The summed E-state index contributed by atoms with van der Waals surface area (Å²) in [5.74, 6) is -1.33. The van der Waals surface area contributed by atoms with Gasteiger partial charge in [0.25, 0.3) is 5.56 Å². The lowest BCUT2D eigenvalue weighted by Crippen LogP contribution is -2.45. The van der Waals surface area contributed by atoms with Crippen LogP contribution in [0.5, 0.6) is 0 Å². The van der Waals surface area contributed by atoms with Gasteiger partial charge in [0.05, 0.1) is 11.3 Å². The Bertz CT molecular complexity index is 1460. The number of rotatable bonds is 1. The summed E-state index contributed by atoms with van der Waals surface area (Å²) in [7, 11) is 2.90. The molecule has 3 aromatic rings. The molecular formula is C23H16ClN3O4. The first-order valence-corrected chi connectivity index (χ1v) is 9.94. The molecule has 1 N–H and O–H groups in total. The normalized spacial score (nSPS) is 17.1. The van der Waals surface area contributed by atoms with Crippen molar-refractivity contribution < 1.29 is 9.59 Å². The molecule has 0 spiro atoms. The number of Topliss-reactive ketones (excluding diaryl/α,β-unsaturated/α-hetero) is 2. The van der Waals surface area contributed by atoms with Gasteiger partial charge in [-0.05, 0) is 17.7 Å². The predicted molar refractivity (Wildman–Crippen MR) is 116 cm³/mol. The van der Waals surface area contributed by atoms with Gasteiger partial charge in [-0.3, -0.25) is 23.5 Å². The van der Waals surface area contributed by atoms with Gasteiger partial charge in [-0.25, -0.2) is 4.79 Å². The molecule has 1 aliphatic carbocycles. The van der Waals surface area contributed by atoms with Crippen molar-refractivity contribution in [3.63, 3.8) is 0 Å². The van der Waals surface area contributed by atoms with Gasteiger partial charge < -0.3 is 5.32 Å². The molecule has 0 amide bonds. The van der Waals surface area contributed by atoms with Crippen LogP contribution in [0.2, 0.25) is 5.02 Å². The zero-order valence-corrected chi connectivity index (χ0v) is 17.4. The second-order valence-electron chi connectivity index (χ2n) is 7.57. The van der Waals surface area contributed by atoms with Crippen LogP contribution in [0.1, 0.15) is 37.8 Å². The van der Waals surface area contributed by atoms with Gasteiger partial charge in [0.1, 0.15) is 5.82 Å². The zero-order chi connectivity index (χ0) is 22.0. The highest BCUT2D eigenvalue weighted by Crippen LogP contribution is 2.44. The number of benzene rings is 2. The molecule has 31 heavy (non-hydrogen) atoms. The van der Waals surface area contributed by atoms with Crippen molar-refractivity contribution >= 4 is 29.0 Å². The van der Waals surface area contributed by atoms with Crippen molar-refractivity contribution in [2.45, 2.75) is 5.92 Å². The number of hydrogen-bond acceptors (Lipinski definition) is 5. The molecule has 0 fully saturated rings. The maximum Gasteiger partial charge on any atom is 0.332 e. The molecule has 2 aliphatic rings. The number of fused-ring (bicyclic) bond motifs is 2. The molecule has 7 nitrogen and oxygen atoms in total. The molecule has 0 bridgehead atoms. The molecule has 2 aromatic carbocycles. The number of aromatic nitrogens is 2. The van der Waals surface area contributed by atoms with Crippen LogP contribution < -0.4 is 16.6 Å². The molecule has 0 saturated carbocycles. The van der Waals surface area contributed by atoms with Crippen molar-refractivity contribution in [1.29, 1.82) is 0 Å². The van der Waals surface area contributed by atoms with Gasteiger partial charge >= 0.3 is 5.69 Å². The van der Waals surface area contributed by atoms with Crippen LogP contribution >= 0.6 is 11.6 Å². The molecule has 5 rings (SSSR count). The van der Waals surface area contributed by atoms with E-state index in [0.717, 1.165) is 4.57 Å². The van der Waals surface area contributed by atoms with Crippen LogP contribution in [0.3, 0.4) is 0 Å². The van der Waals surface area contributed by atoms with E-state index >= 15 is 0 Å². The Morgan fingerprint density at radius 3 is 2.10 bits per heavy atom. The minimum Gasteiger partial charge on any atom is -0.338 e. The molecule has 0 radical (unpaired) electrons. The van der Waals surface area contributed by atoms with Crippen LogP contribution in [0.15, 0.2) is 69.4 Å². The fourth-order valence-electron chi connectivity index (χ4n) is 4.33. The lowest BCUT2D eigenvalue weighted by molar-refractivity contribution is 0.0970. The standard InChI is InChI=1S/C23H16ClN3O4/c1-26-21-17(22(30)27(2)23(26)31)15(11-7-9-12(24)10-8-11)16-18(25-21)20(29)14-6-4-3-5-13(14)19(16)28/h3-10,15,25H,1-2H3. The number of nitrogens with one attached hydrogen (secondary N) is 1. The van der Waals surface area contributed by atoms with Crippen molar-refractivity contribution in [2.75, 3.05) is 5.32 Å². The Hall–Kier alpha value is -3.71. The Morgan fingerprint density at radius 2 is 1.45 bits per heavy atom. The average Bonchev–Trinajstić information content (AvgIpc) is 2.79. The highest BCUT2D eigenvalue weighted by atomic mass is 35.5. The first-order chi connectivity index (χ1) is 14.8. The van der Waals surface area contributed by atoms with Gasteiger partial charge in [0.2, 0.25) is 5.78 Å². The summed E-state index contributed by atoms with van der Waals surface area (Å²) >= 11 is 6.05. The van der Waals surface area contributed by atoms with E-state index in [1.807, 2.05) is 0 Å². The van der Waals surface area contributed by atoms with Crippen molar-refractivity contribution in [3.05, 3.63) is 108 Å². The predicted octanol–water partition coefficient (Wildman–Crippen LogP) is 2.63. The number of halogens is 1. The Kier molecular flexibility index (Phi) is 4.13. The summed E-state index contributed by atoms with van der Waals surface area (Å²) in [6, 6.07) is 13.3. The zero-order valence-electron chi connectivity index (χ0n) is 16.6. The Morgan fingerprint density at radius 1 is 0.839 bits per heavy atom. The van der Waals surface area contributed by atoms with E-state index in [1.54, 1.807) is 48.5 Å². The molecule has 0 saturated heterocycles. The maximum absolute atomic E-state index is 13.6. The molecular weight excluding hydrogens is 418 g/mol. The number of allylic oxidation sites excluding steroid dienone is 2. The number of nitrogens with zero attached hydrogens (tertiary/aromatic N) is 2. The van der Waals surface area contributed by atoms with E-state index < -0.39 is 17.2 Å². The molecule has 2 heterocycles. The van der Waals surface area contributed by atoms with Crippen molar-refractivity contribution in [3.8, 4) is 0 Å². The first-order valence-electron chi connectivity index (χ1n) is 9.56. The second-order valence-corrected chi connectivity index (χ2v) is 8.01. The second kappa shape index (κ2) is 6.65. The molecule has 1 aromatic heterocycles. The van der Waals surface area contributed by atoms with E-state index in [4.69, 9.17) is 11.6 Å². The summed E-state index contributed by atoms with van der Waals surface area (Å²) < 4.78 is 2.28. The topological polar surface area (TPSA) is 90.2 Å². The smallest absolute Gasteiger partial charge is 0.332 e. The van der Waals surface area contributed by atoms with Crippen LogP contribution in [0, 0.1) is 0 Å². The fourth-order valence-corrected chi connectivity index (χ4v) is 4.45. The highest BCUT2D eigenvalue weighted by molar-refractivity contribution is 6.30. The largest absolute Gasteiger partial charge is 0.338 e. The summed E-state index contributed by atoms with van der Waals surface area (Å²) in [6.07, 6.45) is 0. The summed E-state index contributed by atoms with van der Waals surface area (Å²) in [5, 5.41) is 3.44. The van der Waals surface area contributed by atoms with Crippen LogP contribution in [0.4, 0.5) is 5.82 Å². The van der Waals surface area contributed by atoms with Crippen molar-refractivity contribution in [2.24, 2.45) is 14.1 Å². The number of ketones is 2. The SMILES string of the molecule is Cn1c2c(c(=O)n(C)c1=O)C(c1ccc(Cl)cc1)C1=C(N2)C(=O)c2ccccc2C1=O. The lowest BCUT2D eigenvalue weighted by atomic mass is 9.74. The third-order valence-corrected chi connectivity index (χ3v) is 6.13. The van der Waals surface area contributed by atoms with E-state index in [9.17, 15) is 19.2 Å². The van der Waals surface area contributed by atoms with Gasteiger partial charge in [-0.15, -0.1) is 0 Å². The Labute approximate surface area is 181 Å². The number of carbonyl (C=O) groups is 2. The van der Waals surface area contributed by atoms with Gasteiger partial charge in [-0.1, -0.05) is 48.0 Å².